The van der Waals surface area contributed by atoms with Gasteiger partial charge in [0.25, 0.3) is 11.6 Å². The van der Waals surface area contributed by atoms with E-state index in [0.29, 0.717) is 16.9 Å². The van der Waals surface area contributed by atoms with Crippen molar-refractivity contribution in [2.75, 3.05) is 10.6 Å². The average molecular weight is 394 g/mol. The Morgan fingerprint density at radius 3 is 2.34 bits per heavy atom. The molecule has 2 aromatic carbocycles. The third-order valence-electron chi connectivity index (χ3n) is 4.29. The monoisotopic (exact) mass is 394 g/mol. The smallest absolute Gasteiger partial charge is 0.273 e. The molecule has 0 spiro atoms. The predicted octanol–water partition coefficient (Wildman–Crippen LogP) is 2.95. The number of carbonyl (C=O) groups excluding carboxylic acids is 2. The van der Waals surface area contributed by atoms with Crippen LogP contribution in [0.5, 0.6) is 0 Å². The number of anilines is 2. The normalized spacial score (nSPS) is 11.5. The van der Waals surface area contributed by atoms with Crippen LogP contribution in [0.25, 0.3) is 0 Å². The number of nitro groups is 1. The minimum absolute atomic E-state index is 0.114. The van der Waals surface area contributed by atoms with Crippen LogP contribution in [-0.4, -0.2) is 31.5 Å². The number of aromatic nitrogens is 3. The second kappa shape index (κ2) is 8.30. The van der Waals surface area contributed by atoms with E-state index < -0.39 is 16.9 Å². The number of nitrogens with zero attached hydrogens (tertiary/aromatic N) is 4. The van der Waals surface area contributed by atoms with E-state index in [1.807, 2.05) is 0 Å². The minimum Gasteiger partial charge on any atom is -0.324 e. The van der Waals surface area contributed by atoms with E-state index in [9.17, 15) is 19.7 Å². The average Bonchev–Trinajstić information content (AvgIpc) is 3.23. The molecular formula is C19H18N6O4. The van der Waals surface area contributed by atoms with Crippen LogP contribution in [0.3, 0.4) is 0 Å². The van der Waals surface area contributed by atoms with Gasteiger partial charge in [-0.15, -0.1) is 0 Å². The SMILES string of the molecule is Cc1ccc(C(=O)Nc2ccc(NC(=O)C(C)n3cncn3)cc2)cc1[N+](=O)[O-]. The number of benzene rings is 2. The molecule has 0 bridgehead atoms. The maximum Gasteiger partial charge on any atom is 0.273 e. The summed E-state index contributed by atoms with van der Waals surface area (Å²) in [4.78, 5) is 38.9. The van der Waals surface area contributed by atoms with Crippen molar-refractivity contribution >= 4 is 28.9 Å². The summed E-state index contributed by atoms with van der Waals surface area (Å²) in [6.45, 7) is 3.30. The van der Waals surface area contributed by atoms with Crippen LogP contribution in [0.1, 0.15) is 28.9 Å². The van der Waals surface area contributed by atoms with Crippen LogP contribution < -0.4 is 10.6 Å². The fraction of sp³-hybridized carbons (Fsp3) is 0.158. The van der Waals surface area contributed by atoms with Gasteiger partial charge in [-0.05, 0) is 44.2 Å². The highest BCUT2D eigenvalue weighted by Crippen LogP contribution is 2.21. The zero-order valence-corrected chi connectivity index (χ0v) is 15.7. The Morgan fingerprint density at radius 2 is 1.76 bits per heavy atom. The third kappa shape index (κ3) is 4.61. The van der Waals surface area contributed by atoms with E-state index in [1.54, 1.807) is 38.1 Å². The van der Waals surface area contributed by atoms with Crippen LogP contribution in [0.4, 0.5) is 17.1 Å². The lowest BCUT2D eigenvalue weighted by Gasteiger charge is -2.12. The van der Waals surface area contributed by atoms with Gasteiger partial charge in [0, 0.05) is 28.6 Å². The molecule has 3 aromatic rings. The number of hydrogen-bond acceptors (Lipinski definition) is 6. The lowest BCUT2D eigenvalue weighted by Crippen LogP contribution is -2.24. The standard InChI is InChI=1S/C19H18N6O4/c1-12-3-4-14(9-17(12)25(28)29)19(27)23-16-7-5-15(6-8-16)22-18(26)13(2)24-11-20-10-21-24/h3-11,13H,1-2H3,(H,22,26)(H,23,27). The predicted molar refractivity (Wildman–Crippen MR) is 106 cm³/mol. The van der Waals surface area contributed by atoms with Gasteiger partial charge in [-0.25, -0.2) is 9.67 Å². The Hall–Kier alpha value is -4.08. The van der Waals surface area contributed by atoms with Gasteiger partial charge in [-0.1, -0.05) is 6.07 Å². The highest BCUT2D eigenvalue weighted by Gasteiger charge is 2.17. The summed E-state index contributed by atoms with van der Waals surface area (Å²) in [5.41, 5.74) is 1.58. The molecule has 2 N–H and O–H groups in total. The van der Waals surface area contributed by atoms with Crippen molar-refractivity contribution in [1.82, 2.24) is 14.8 Å². The van der Waals surface area contributed by atoms with Gasteiger partial charge in [0.15, 0.2) is 0 Å². The Kier molecular flexibility index (Phi) is 5.63. The Morgan fingerprint density at radius 1 is 1.10 bits per heavy atom. The maximum atomic E-state index is 12.4. The fourth-order valence-corrected chi connectivity index (χ4v) is 2.57. The second-order valence-corrected chi connectivity index (χ2v) is 6.33. The largest absolute Gasteiger partial charge is 0.324 e. The Labute approximate surface area is 165 Å². The zero-order valence-electron chi connectivity index (χ0n) is 15.7. The van der Waals surface area contributed by atoms with Gasteiger partial charge in [0.05, 0.1) is 4.92 Å². The van der Waals surface area contributed by atoms with Crippen LogP contribution in [-0.2, 0) is 4.79 Å². The van der Waals surface area contributed by atoms with Crippen molar-refractivity contribution in [3.05, 3.63) is 76.4 Å². The van der Waals surface area contributed by atoms with Gasteiger partial charge in [-0.2, -0.15) is 5.10 Å². The van der Waals surface area contributed by atoms with Gasteiger partial charge >= 0.3 is 0 Å². The van der Waals surface area contributed by atoms with E-state index >= 15 is 0 Å². The Balaban J connectivity index is 1.64. The molecule has 10 heteroatoms. The first-order valence-corrected chi connectivity index (χ1v) is 8.66. The van der Waals surface area contributed by atoms with E-state index in [-0.39, 0.29) is 17.2 Å². The number of amides is 2. The summed E-state index contributed by atoms with van der Waals surface area (Å²) in [6.07, 6.45) is 2.81. The summed E-state index contributed by atoms with van der Waals surface area (Å²) in [5.74, 6) is -0.732. The molecule has 1 aromatic heterocycles. The van der Waals surface area contributed by atoms with Gasteiger partial charge in [0.1, 0.15) is 18.7 Å². The molecule has 0 radical (unpaired) electrons. The molecule has 1 atom stereocenters. The molecule has 0 saturated heterocycles. The van der Waals surface area contributed by atoms with Crippen molar-refractivity contribution in [3.8, 4) is 0 Å². The minimum atomic E-state index is -0.533. The summed E-state index contributed by atoms with van der Waals surface area (Å²) in [5, 5.41) is 20.4. The molecule has 1 unspecified atom stereocenters. The fourth-order valence-electron chi connectivity index (χ4n) is 2.57. The first kappa shape index (κ1) is 19.7. The molecule has 0 aliphatic rings. The highest BCUT2D eigenvalue weighted by atomic mass is 16.6. The van der Waals surface area contributed by atoms with E-state index in [1.165, 1.54) is 35.5 Å². The molecule has 29 heavy (non-hydrogen) atoms. The first-order chi connectivity index (χ1) is 13.8. The molecule has 10 nitrogen and oxygen atoms in total. The molecular weight excluding hydrogens is 376 g/mol. The molecule has 1 heterocycles. The summed E-state index contributed by atoms with van der Waals surface area (Å²) < 4.78 is 1.44. The van der Waals surface area contributed by atoms with E-state index in [2.05, 4.69) is 20.7 Å². The summed E-state index contributed by atoms with van der Waals surface area (Å²) in [7, 11) is 0. The number of nitrogens with one attached hydrogen (secondary N) is 2. The topological polar surface area (TPSA) is 132 Å². The van der Waals surface area contributed by atoms with Crippen LogP contribution in [0.2, 0.25) is 0 Å². The van der Waals surface area contributed by atoms with Gasteiger partial charge < -0.3 is 10.6 Å². The quantitative estimate of drug-likeness (QED) is 0.488. The van der Waals surface area contributed by atoms with Crippen molar-refractivity contribution < 1.29 is 14.5 Å². The van der Waals surface area contributed by atoms with Crippen molar-refractivity contribution in [2.45, 2.75) is 19.9 Å². The van der Waals surface area contributed by atoms with Crippen LogP contribution >= 0.6 is 0 Å². The summed E-state index contributed by atoms with van der Waals surface area (Å²) >= 11 is 0. The van der Waals surface area contributed by atoms with Crippen molar-refractivity contribution in [3.63, 3.8) is 0 Å². The first-order valence-electron chi connectivity index (χ1n) is 8.66. The van der Waals surface area contributed by atoms with Crippen molar-refractivity contribution in [2.24, 2.45) is 0 Å². The van der Waals surface area contributed by atoms with Gasteiger partial charge in [-0.3, -0.25) is 19.7 Å². The van der Waals surface area contributed by atoms with Crippen LogP contribution in [0, 0.1) is 17.0 Å². The number of nitro benzene ring substituents is 1. The van der Waals surface area contributed by atoms with Gasteiger partial charge in [0.2, 0.25) is 5.91 Å². The molecule has 0 saturated carbocycles. The zero-order chi connectivity index (χ0) is 21.0. The number of hydrogen-bond donors (Lipinski definition) is 2. The summed E-state index contributed by atoms with van der Waals surface area (Å²) in [6, 6.07) is 10.3. The van der Waals surface area contributed by atoms with Crippen molar-refractivity contribution in [1.29, 1.82) is 0 Å². The van der Waals surface area contributed by atoms with Crippen LogP contribution in [0.15, 0.2) is 55.1 Å². The molecule has 2 amide bonds. The Bertz CT molecular complexity index is 1050. The molecule has 0 aliphatic carbocycles. The molecule has 3 rings (SSSR count). The second-order valence-electron chi connectivity index (χ2n) is 6.33. The number of carbonyl (C=O) groups is 2. The molecule has 148 valence electrons. The third-order valence-corrected chi connectivity index (χ3v) is 4.29. The van der Waals surface area contributed by atoms with E-state index in [4.69, 9.17) is 0 Å². The number of rotatable bonds is 6. The van der Waals surface area contributed by atoms with E-state index in [0.717, 1.165) is 0 Å². The lowest BCUT2D eigenvalue weighted by atomic mass is 10.1. The molecule has 0 fully saturated rings. The maximum absolute atomic E-state index is 12.4. The lowest BCUT2D eigenvalue weighted by molar-refractivity contribution is -0.385. The molecule has 0 aliphatic heterocycles. The highest BCUT2D eigenvalue weighted by molar-refractivity contribution is 6.05. The number of aryl methyl sites for hydroxylation is 1.